The molecule has 13 heteroatoms. The van der Waals surface area contributed by atoms with Gasteiger partial charge in [0.15, 0.2) is 5.82 Å². The van der Waals surface area contributed by atoms with Crippen LogP contribution in [0.1, 0.15) is 73.3 Å². The third kappa shape index (κ3) is 5.46. The Kier molecular flexibility index (Phi) is 8.36. The molecule has 0 unspecified atom stereocenters. The molecule has 2 aromatic carbocycles. The maximum Gasteiger partial charge on any atom is 0.280 e. The number of carbonyl (C=O) groups excluding carboxylic acids is 1. The van der Waals surface area contributed by atoms with Crippen LogP contribution in [0.3, 0.4) is 0 Å². The number of nitriles is 1. The predicted molar refractivity (Wildman–Crippen MR) is 206 cm³/mol. The molecule has 1 amide bonds. The summed E-state index contributed by atoms with van der Waals surface area (Å²) in [5.74, 6) is 0.0978. The average Bonchev–Trinajstić information content (AvgIpc) is 3.46. The first-order chi connectivity index (χ1) is 26.6. The number of aryl methyl sites for hydroxylation is 2. The van der Waals surface area contributed by atoms with Gasteiger partial charge < -0.3 is 19.7 Å². The summed E-state index contributed by atoms with van der Waals surface area (Å²) in [4.78, 5) is 27.7. The second-order valence-electron chi connectivity index (χ2n) is 16.0. The van der Waals surface area contributed by atoms with E-state index in [1.807, 2.05) is 13.0 Å². The number of piperidine rings is 1. The highest BCUT2D eigenvalue weighted by Gasteiger charge is 2.55. The number of fused-ring (bicyclic) bond motifs is 6. The molecule has 282 valence electrons. The van der Waals surface area contributed by atoms with Gasteiger partial charge in [-0.3, -0.25) is 9.78 Å². The van der Waals surface area contributed by atoms with Gasteiger partial charge in [0.1, 0.15) is 11.2 Å². The third-order valence-electron chi connectivity index (χ3n) is 12.9. The van der Waals surface area contributed by atoms with Crippen molar-refractivity contribution in [1.82, 2.24) is 24.8 Å². The number of benzene rings is 2. The Morgan fingerprint density at radius 2 is 1.93 bits per heavy atom. The summed E-state index contributed by atoms with van der Waals surface area (Å²) in [6.07, 6.45) is 2.98. The highest BCUT2D eigenvalue weighted by atomic mass is 35.5. The van der Waals surface area contributed by atoms with E-state index in [0.29, 0.717) is 58.2 Å². The van der Waals surface area contributed by atoms with Crippen LogP contribution in [-0.2, 0) is 11.2 Å². The number of nitrogens with one attached hydrogen (secondary N) is 1. The fourth-order valence-electron chi connectivity index (χ4n) is 10.2. The maximum atomic E-state index is 17.3. The van der Waals surface area contributed by atoms with Crippen LogP contribution in [0.5, 0.6) is 0 Å². The summed E-state index contributed by atoms with van der Waals surface area (Å²) in [7, 11) is 0. The van der Waals surface area contributed by atoms with Gasteiger partial charge in [-0.2, -0.15) is 5.26 Å². The number of likely N-dealkylation sites (tertiary alicyclic amines) is 1. The van der Waals surface area contributed by atoms with Crippen LogP contribution in [0.4, 0.5) is 18.9 Å². The second kappa shape index (κ2) is 13.1. The van der Waals surface area contributed by atoms with Gasteiger partial charge in [0.05, 0.1) is 51.6 Å². The van der Waals surface area contributed by atoms with Crippen LogP contribution >= 0.6 is 23.2 Å². The normalized spacial score (nSPS) is 25.6. The lowest BCUT2D eigenvalue weighted by Gasteiger charge is -2.40. The van der Waals surface area contributed by atoms with Gasteiger partial charge in [-0.05, 0) is 80.8 Å². The van der Waals surface area contributed by atoms with Crippen molar-refractivity contribution < 1.29 is 18.0 Å². The monoisotopic (exact) mass is 783 g/mol. The lowest BCUT2D eigenvalue weighted by molar-refractivity contribution is -0.135. The van der Waals surface area contributed by atoms with E-state index in [1.54, 1.807) is 24.3 Å². The summed E-state index contributed by atoms with van der Waals surface area (Å²) in [5.41, 5.74) is 4.75. The molecule has 11 rings (SSSR count). The molecule has 2 aliphatic carbocycles. The van der Waals surface area contributed by atoms with Crippen LogP contribution < -0.4 is 10.2 Å². The van der Waals surface area contributed by atoms with Crippen molar-refractivity contribution in [3.63, 3.8) is 0 Å². The second-order valence-corrected chi connectivity index (χ2v) is 16.8. The number of anilines is 1. The minimum absolute atomic E-state index is 0.000531. The quantitative estimate of drug-likeness (QED) is 0.169. The highest BCUT2D eigenvalue weighted by molar-refractivity contribution is 6.43. The summed E-state index contributed by atoms with van der Waals surface area (Å²) in [5, 5.41) is 15.5. The summed E-state index contributed by atoms with van der Waals surface area (Å²) in [6, 6.07) is 14.7. The molecule has 6 fully saturated rings. The Balaban J connectivity index is 1.18. The third-order valence-corrected chi connectivity index (χ3v) is 13.7. The fourth-order valence-corrected chi connectivity index (χ4v) is 10.6. The van der Waals surface area contributed by atoms with E-state index in [0.717, 1.165) is 54.5 Å². The van der Waals surface area contributed by atoms with Crippen molar-refractivity contribution in [2.75, 3.05) is 24.5 Å². The molecule has 6 atom stereocenters. The SMILES string of the molecule is Cc1nc2c(F)c(-c3cccc(Cl)c3Cl)c(CCC#N)cc2c2c1cc([C@H]1[C@H]3C[C@H](CN(c4ccc(C(F)F)nc4)C3)N1C(=O)C1CC1)n2[C@H]1[C@H]2CN[C@@H]1C2. The smallest absolute Gasteiger partial charge is 0.280 e. The number of carbonyl (C=O) groups is 1. The first kappa shape index (κ1) is 35.1. The fraction of sp³-hybridized carbons (Fsp3) is 0.429. The molecule has 4 aliphatic heterocycles. The van der Waals surface area contributed by atoms with Crippen LogP contribution in [0, 0.1) is 41.8 Å². The molecule has 5 aromatic rings. The predicted octanol–water partition coefficient (Wildman–Crippen LogP) is 9.12. The van der Waals surface area contributed by atoms with Gasteiger partial charge in [-0.1, -0.05) is 35.3 Å². The molecule has 6 aliphatic rings. The number of rotatable bonds is 8. The molecule has 0 radical (unpaired) electrons. The molecule has 4 saturated heterocycles. The number of hydrogen-bond donors (Lipinski definition) is 1. The Bertz CT molecular complexity index is 2430. The maximum absolute atomic E-state index is 17.3. The van der Waals surface area contributed by atoms with Crippen molar-refractivity contribution in [2.24, 2.45) is 17.8 Å². The van der Waals surface area contributed by atoms with Crippen molar-refractivity contribution in [3.05, 3.63) is 87.2 Å². The Morgan fingerprint density at radius 3 is 2.62 bits per heavy atom. The number of nitrogens with zero attached hydrogens (tertiary/aromatic N) is 6. The molecule has 0 spiro atoms. The largest absolute Gasteiger partial charge is 0.368 e. The molecular formula is C42H38Cl2F3N7O. The lowest BCUT2D eigenvalue weighted by atomic mass is 9.79. The number of hydrogen-bond acceptors (Lipinski definition) is 6. The van der Waals surface area contributed by atoms with Gasteiger partial charge in [-0.15, -0.1) is 0 Å². The minimum Gasteiger partial charge on any atom is -0.368 e. The molecule has 3 aromatic heterocycles. The Morgan fingerprint density at radius 1 is 1.09 bits per heavy atom. The van der Waals surface area contributed by atoms with E-state index >= 15 is 4.39 Å². The summed E-state index contributed by atoms with van der Waals surface area (Å²) in [6.45, 7) is 4.02. The van der Waals surface area contributed by atoms with Crippen molar-refractivity contribution in [2.45, 2.75) is 76.0 Å². The molecule has 4 bridgehead atoms. The highest BCUT2D eigenvalue weighted by Crippen LogP contribution is 2.54. The first-order valence-electron chi connectivity index (χ1n) is 19.1. The van der Waals surface area contributed by atoms with Gasteiger partial charge in [-0.25, -0.2) is 18.2 Å². The molecule has 2 saturated carbocycles. The van der Waals surface area contributed by atoms with E-state index < -0.39 is 12.2 Å². The molecule has 1 N–H and O–H groups in total. The van der Waals surface area contributed by atoms with E-state index in [4.69, 9.17) is 28.2 Å². The number of aromatic nitrogens is 3. The van der Waals surface area contributed by atoms with Crippen molar-refractivity contribution >= 4 is 56.6 Å². The standard InChI is InChI=1S/C42H38Cl2F3N7O/c1-20-28-15-33(39-24-12-26(53(39)42(55)21-7-8-21)19-52(18-24)25-9-10-31(41(46)47)50-17-25)54(38-23-14-32(38)49-16-23)40(28)29-13-22(4-3-11-48)34(36(45)37(29)51-20)27-5-2-6-30(43)35(27)44/h2,5-6,9-10,13,15,17,21,23-24,26,32,38-39,41,49H,3-4,7-8,12,14,16,18-19H2,1H3/t23-,24+,26-,32-,38+,39-/m1/s1. The van der Waals surface area contributed by atoms with Gasteiger partial charge in [0.2, 0.25) is 5.91 Å². The summed E-state index contributed by atoms with van der Waals surface area (Å²) < 4.78 is 46.5. The van der Waals surface area contributed by atoms with Crippen molar-refractivity contribution in [1.29, 1.82) is 5.26 Å². The zero-order chi connectivity index (χ0) is 37.9. The molecule has 55 heavy (non-hydrogen) atoms. The topological polar surface area (TPSA) is 90.1 Å². The van der Waals surface area contributed by atoms with Crippen molar-refractivity contribution in [3.8, 4) is 17.2 Å². The van der Waals surface area contributed by atoms with E-state index in [1.165, 1.54) is 12.3 Å². The number of alkyl halides is 2. The Hall–Kier alpha value is -4.37. The Labute approximate surface area is 326 Å². The van der Waals surface area contributed by atoms with Crippen LogP contribution in [-0.4, -0.2) is 57.1 Å². The lowest BCUT2D eigenvalue weighted by Crippen LogP contribution is -2.45. The zero-order valence-electron chi connectivity index (χ0n) is 30.1. The molecular weight excluding hydrogens is 746 g/mol. The minimum atomic E-state index is -2.65. The molecule has 7 heterocycles. The van der Waals surface area contributed by atoms with Gasteiger partial charge in [0, 0.05) is 77.2 Å². The zero-order valence-corrected chi connectivity index (χ0v) is 31.6. The molecule has 8 nitrogen and oxygen atoms in total. The van der Waals surface area contributed by atoms with E-state index in [-0.39, 0.29) is 64.6 Å². The first-order valence-corrected chi connectivity index (χ1v) is 19.9. The number of pyridine rings is 2. The van der Waals surface area contributed by atoms with E-state index in [9.17, 15) is 18.8 Å². The van der Waals surface area contributed by atoms with Gasteiger partial charge >= 0.3 is 0 Å². The van der Waals surface area contributed by atoms with Crippen LogP contribution in [0.25, 0.3) is 32.9 Å². The number of amides is 1. The number of halogens is 5. The summed E-state index contributed by atoms with van der Waals surface area (Å²) >= 11 is 13.1. The van der Waals surface area contributed by atoms with Crippen LogP contribution in [0.15, 0.2) is 48.7 Å². The average molecular weight is 785 g/mol. The van der Waals surface area contributed by atoms with Gasteiger partial charge in [0.25, 0.3) is 6.43 Å². The van der Waals surface area contributed by atoms with E-state index in [2.05, 4.69) is 36.8 Å². The van der Waals surface area contributed by atoms with Crippen LogP contribution in [0.2, 0.25) is 10.0 Å².